The molecule has 0 spiro atoms. The Bertz CT molecular complexity index is 524. The predicted molar refractivity (Wildman–Crippen MR) is 76.1 cm³/mol. The van der Waals surface area contributed by atoms with E-state index in [1.165, 1.54) is 0 Å². The van der Waals surface area contributed by atoms with Crippen molar-refractivity contribution in [3.05, 3.63) is 18.2 Å². The smallest absolute Gasteiger partial charge is 0.182 e. The molecule has 1 aromatic heterocycles. The molecule has 0 radical (unpaired) electrons. The fraction of sp³-hybridized carbons (Fsp3) is 0.462. The highest BCUT2D eigenvalue weighted by atomic mass is 15.5. The Hall–Kier alpha value is -2.11. The van der Waals surface area contributed by atoms with Crippen LogP contribution in [0.15, 0.2) is 18.2 Å². The highest BCUT2D eigenvalue weighted by molar-refractivity contribution is 5.67. The first-order chi connectivity index (χ1) is 9.13. The first-order valence-electron chi connectivity index (χ1n) is 6.56. The molecular formula is C13H20N6. The summed E-state index contributed by atoms with van der Waals surface area (Å²) in [4.78, 5) is 0. The maximum absolute atomic E-state index is 5.81. The summed E-state index contributed by atoms with van der Waals surface area (Å²) in [6.07, 6.45) is 2.21. The van der Waals surface area contributed by atoms with Crippen LogP contribution in [0.2, 0.25) is 0 Å². The molecule has 6 heteroatoms. The molecule has 6 nitrogen and oxygen atoms in total. The second-order valence-corrected chi connectivity index (χ2v) is 4.76. The lowest BCUT2D eigenvalue weighted by atomic mass is 10.0. The minimum Gasteiger partial charge on any atom is -0.399 e. The molecule has 1 heterocycles. The molecule has 0 saturated carbocycles. The van der Waals surface area contributed by atoms with Crippen LogP contribution in [0.4, 0.5) is 11.4 Å². The second-order valence-electron chi connectivity index (χ2n) is 4.76. The summed E-state index contributed by atoms with van der Waals surface area (Å²) < 4.78 is 1.83. The van der Waals surface area contributed by atoms with E-state index in [0.717, 1.165) is 24.9 Å². The first-order valence-corrected chi connectivity index (χ1v) is 6.56. The molecule has 0 aliphatic rings. The van der Waals surface area contributed by atoms with Crippen LogP contribution in [0.25, 0.3) is 11.4 Å². The molecule has 0 bridgehead atoms. The van der Waals surface area contributed by atoms with E-state index in [1.807, 2.05) is 16.8 Å². The largest absolute Gasteiger partial charge is 0.399 e. The minimum absolute atomic E-state index is 0.570. The van der Waals surface area contributed by atoms with Crippen molar-refractivity contribution in [1.82, 2.24) is 20.2 Å². The summed E-state index contributed by atoms with van der Waals surface area (Å²) in [5.74, 6) is 1.28. The zero-order chi connectivity index (χ0) is 13.8. The van der Waals surface area contributed by atoms with Gasteiger partial charge in [-0.1, -0.05) is 26.7 Å². The highest BCUT2D eigenvalue weighted by Crippen LogP contribution is 2.23. The number of rotatable bonds is 5. The Morgan fingerprint density at radius 3 is 2.32 bits per heavy atom. The Labute approximate surface area is 112 Å². The van der Waals surface area contributed by atoms with Crippen molar-refractivity contribution in [1.29, 1.82) is 0 Å². The fourth-order valence-corrected chi connectivity index (χ4v) is 2.13. The van der Waals surface area contributed by atoms with Gasteiger partial charge in [-0.05, 0) is 34.5 Å². The van der Waals surface area contributed by atoms with Crippen molar-refractivity contribution >= 4 is 11.4 Å². The third-order valence-corrected chi connectivity index (χ3v) is 3.35. The van der Waals surface area contributed by atoms with E-state index in [0.29, 0.717) is 23.1 Å². The molecule has 0 aliphatic heterocycles. The van der Waals surface area contributed by atoms with Crippen LogP contribution in [0.1, 0.15) is 26.7 Å². The lowest BCUT2D eigenvalue weighted by Gasteiger charge is -2.13. The van der Waals surface area contributed by atoms with Gasteiger partial charge in [0.15, 0.2) is 5.82 Å². The standard InChI is InChI=1S/C13H20N6/c1-3-9(4-2)8-19-13(16-17-18-19)10-5-11(14)7-12(15)6-10/h5-7,9H,3-4,8,14-15H2,1-2H3. The van der Waals surface area contributed by atoms with Crippen molar-refractivity contribution in [2.45, 2.75) is 33.2 Å². The zero-order valence-corrected chi connectivity index (χ0v) is 11.4. The molecule has 2 rings (SSSR count). The summed E-state index contributed by atoms with van der Waals surface area (Å²) in [5, 5.41) is 11.9. The van der Waals surface area contributed by atoms with Crippen molar-refractivity contribution in [2.75, 3.05) is 11.5 Å². The number of hydrogen-bond donors (Lipinski definition) is 2. The number of tetrazole rings is 1. The van der Waals surface area contributed by atoms with Gasteiger partial charge in [-0.2, -0.15) is 0 Å². The van der Waals surface area contributed by atoms with Crippen LogP contribution >= 0.6 is 0 Å². The van der Waals surface area contributed by atoms with Crippen LogP contribution in [-0.2, 0) is 6.54 Å². The molecule has 4 N–H and O–H groups in total. The normalized spacial score (nSPS) is 11.1. The van der Waals surface area contributed by atoms with Crippen molar-refractivity contribution in [3.63, 3.8) is 0 Å². The number of benzene rings is 1. The number of nitrogen functional groups attached to an aromatic ring is 2. The van der Waals surface area contributed by atoms with Crippen molar-refractivity contribution in [2.24, 2.45) is 5.92 Å². The van der Waals surface area contributed by atoms with Crippen LogP contribution in [0.5, 0.6) is 0 Å². The molecule has 2 aromatic rings. The average Bonchev–Trinajstić information content (AvgIpc) is 2.82. The van der Waals surface area contributed by atoms with Crippen LogP contribution < -0.4 is 11.5 Å². The summed E-state index contributed by atoms with van der Waals surface area (Å²) >= 11 is 0. The van der Waals surface area contributed by atoms with E-state index < -0.39 is 0 Å². The SMILES string of the molecule is CCC(CC)Cn1nnnc1-c1cc(N)cc(N)c1. The lowest BCUT2D eigenvalue weighted by molar-refractivity contribution is 0.392. The molecule has 0 aliphatic carbocycles. The predicted octanol–water partition coefficient (Wildman–Crippen LogP) is 1.94. The quantitative estimate of drug-likeness (QED) is 0.801. The molecule has 0 fully saturated rings. The van der Waals surface area contributed by atoms with Gasteiger partial charge in [-0.25, -0.2) is 4.68 Å². The van der Waals surface area contributed by atoms with Gasteiger partial charge in [0.1, 0.15) is 0 Å². The zero-order valence-electron chi connectivity index (χ0n) is 11.4. The molecular weight excluding hydrogens is 240 g/mol. The second kappa shape index (κ2) is 5.69. The van der Waals surface area contributed by atoms with Gasteiger partial charge >= 0.3 is 0 Å². The topological polar surface area (TPSA) is 95.6 Å². The van der Waals surface area contributed by atoms with Gasteiger partial charge in [0.05, 0.1) is 0 Å². The molecule has 0 unspecified atom stereocenters. The van der Waals surface area contributed by atoms with Crippen LogP contribution in [-0.4, -0.2) is 20.2 Å². The monoisotopic (exact) mass is 260 g/mol. The number of nitrogens with two attached hydrogens (primary N) is 2. The summed E-state index contributed by atoms with van der Waals surface area (Å²) in [6, 6.07) is 5.40. The summed E-state index contributed by atoms with van der Waals surface area (Å²) in [5.41, 5.74) is 13.7. The van der Waals surface area contributed by atoms with Crippen molar-refractivity contribution in [3.8, 4) is 11.4 Å². The number of aromatic nitrogens is 4. The highest BCUT2D eigenvalue weighted by Gasteiger charge is 2.13. The number of hydrogen-bond acceptors (Lipinski definition) is 5. The van der Waals surface area contributed by atoms with Gasteiger partial charge in [-0.3, -0.25) is 0 Å². The Morgan fingerprint density at radius 2 is 1.74 bits per heavy atom. The first kappa shape index (κ1) is 13.3. The summed E-state index contributed by atoms with van der Waals surface area (Å²) in [7, 11) is 0. The van der Waals surface area contributed by atoms with E-state index in [-0.39, 0.29) is 0 Å². The minimum atomic E-state index is 0.570. The van der Waals surface area contributed by atoms with E-state index in [4.69, 9.17) is 11.5 Å². The third kappa shape index (κ3) is 3.01. The molecule has 1 aromatic carbocycles. The average molecular weight is 260 g/mol. The van der Waals surface area contributed by atoms with Crippen molar-refractivity contribution < 1.29 is 0 Å². The number of anilines is 2. The van der Waals surface area contributed by atoms with Gasteiger partial charge in [0.25, 0.3) is 0 Å². The van der Waals surface area contributed by atoms with E-state index in [1.54, 1.807) is 6.07 Å². The van der Waals surface area contributed by atoms with E-state index in [2.05, 4.69) is 29.4 Å². The van der Waals surface area contributed by atoms with E-state index >= 15 is 0 Å². The summed E-state index contributed by atoms with van der Waals surface area (Å²) in [6.45, 7) is 5.16. The van der Waals surface area contributed by atoms with Crippen LogP contribution in [0.3, 0.4) is 0 Å². The molecule has 0 saturated heterocycles. The lowest BCUT2D eigenvalue weighted by Crippen LogP contribution is -2.12. The van der Waals surface area contributed by atoms with Gasteiger partial charge in [0.2, 0.25) is 0 Å². The van der Waals surface area contributed by atoms with Gasteiger partial charge < -0.3 is 11.5 Å². The third-order valence-electron chi connectivity index (χ3n) is 3.35. The number of nitrogens with zero attached hydrogens (tertiary/aromatic N) is 4. The molecule has 0 atom stereocenters. The molecule has 19 heavy (non-hydrogen) atoms. The van der Waals surface area contributed by atoms with Gasteiger partial charge in [-0.15, -0.1) is 5.10 Å². The fourth-order valence-electron chi connectivity index (χ4n) is 2.13. The molecule has 102 valence electrons. The molecule has 0 amide bonds. The van der Waals surface area contributed by atoms with Crippen LogP contribution in [0, 0.1) is 5.92 Å². The Morgan fingerprint density at radius 1 is 1.11 bits per heavy atom. The van der Waals surface area contributed by atoms with E-state index in [9.17, 15) is 0 Å². The Kier molecular flexibility index (Phi) is 3.99. The van der Waals surface area contributed by atoms with Gasteiger partial charge in [0, 0.05) is 23.5 Å². The maximum Gasteiger partial charge on any atom is 0.182 e. The maximum atomic E-state index is 5.81. The Balaban J connectivity index is 2.33.